The van der Waals surface area contributed by atoms with Crippen LogP contribution >= 0.6 is 11.3 Å². The number of H-pyrrole nitrogens is 1. The first-order chi connectivity index (χ1) is 9.95. The van der Waals surface area contributed by atoms with Gasteiger partial charge in [-0.05, 0) is 18.9 Å². The molecule has 0 saturated carbocycles. The zero-order chi connectivity index (χ0) is 15.6. The summed E-state index contributed by atoms with van der Waals surface area (Å²) in [6.45, 7) is 3.50. The van der Waals surface area contributed by atoms with Crippen molar-refractivity contribution in [3.8, 4) is 0 Å². The Bertz CT molecular complexity index is 749. The number of aromatic nitrogens is 2. The fourth-order valence-electron chi connectivity index (χ4n) is 2.06. The van der Waals surface area contributed by atoms with Crippen LogP contribution in [0.2, 0.25) is 0 Å². The Kier molecular flexibility index (Phi) is 4.37. The molecule has 7 nitrogen and oxygen atoms in total. The van der Waals surface area contributed by atoms with Crippen LogP contribution in [0.1, 0.15) is 35.0 Å². The van der Waals surface area contributed by atoms with Crippen LogP contribution in [-0.4, -0.2) is 33.0 Å². The van der Waals surface area contributed by atoms with Gasteiger partial charge in [0.1, 0.15) is 10.9 Å². The van der Waals surface area contributed by atoms with E-state index in [2.05, 4.69) is 15.3 Å². The quantitative estimate of drug-likeness (QED) is 0.770. The second-order valence-corrected chi connectivity index (χ2v) is 5.62. The zero-order valence-electron chi connectivity index (χ0n) is 11.6. The average Bonchev–Trinajstić information content (AvgIpc) is 2.77. The molecule has 8 heteroatoms. The molecule has 0 unspecified atom stereocenters. The summed E-state index contributed by atoms with van der Waals surface area (Å²) in [6, 6.07) is -0.932. The van der Waals surface area contributed by atoms with Crippen molar-refractivity contribution < 1.29 is 14.7 Å². The maximum atomic E-state index is 12.2. The van der Waals surface area contributed by atoms with Crippen molar-refractivity contribution in [2.75, 3.05) is 0 Å². The molecule has 0 bridgehead atoms. The fraction of sp³-hybridized carbons (Fsp3) is 0.385. The molecule has 2 aromatic heterocycles. The van der Waals surface area contributed by atoms with E-state index in [1.807, 2.05) is 6.92 Å². The fourth-order valence-corrected chi connectivity index (χ4v) is 3.12. The molecular formula is C13H15N3O4S. The van der Waals surface area contributed by atoms with E-state index in [0.717, 1.165) is 11.3 Å². The normalized spacial score (nSPS) is 12.3. The van der Waals surface area contributed by atoms with Gasteiger partial charge in [-0.2, -0.15) is 0 Å². The Morgan fingerprint density at radius 3 is 2.81 bits per heavy atom. The highest BCUT2D eigenvalue weighted by Crippen LogP contribution is 2.26. The number of carboxylic acids is 1. The van der Waals surface area contributed by atoms with Crippen molar-refractivity contribution in [2.45, 2.75) is 32.7 Å². The molecule has 112 valence electrons. The largest absolute Gasteiger partial charge is 0.480 e. The lowest BCUT2D eigenvalue weighted by atomic mass is 10.1. The number of amides is 1. The minimum atomic E-state index is -1.07. The highest BCUT2D eigenvalue weighted by atomic mass is 32.1. The van der Waals surface area contributed by atoms with Crippen molar-refractivity contribution in [1.29, 1.82) is 0 Å². The number of hydrogen-bond acceptors (Lipinski definition) is 5. The van der Waals surface area contributed by atoms with Gasteiger partial charge in [-0.15, -0.1) is 11.3 Å². The van der Waals surface area contributed by atoms with Crippen molar-refractivity contribution in [2.24, 2.45) is 0 Å². The third-order valence-electron chi connectivity index (χ3n) is 3.12. The highest BCUT2D eigenvalue weighted by Gasteiger charge is 2.23. The molecule has 21 heavy (non-hydrogen) atoms. The van der Waals surface area contributed by atoms with Gasteiger partial charge in [-0.25, -0.2) is 9.78 Å². The second-order valence-electron chi connectivity index (χ2n) is 4.62. The molecule has 1 atom stereocenters. The van der Waals surface area contributed by atoms with Crippen LogP contribution in [0.15, 0.2) is 11.1 Å². The van der Waals surface area contributed by atoms with E-state index in [4.69, 9.17) is 5.11 Å². The number of carbonyl (C=O) groups excluding carboxylic acids is 1. The monoisotopic (exact) mass is 309 g/mol. The summed E-state index contributed by atoms with van der Waals surface area (Å²) in [7, 11) is 0. The SMILES string of the molecule is CCC[C@@H](NC(=O)c1sc2nc[nH]c(=O)c2c1C)C(=O)O. The molecule has 0 radical (unpaired) electrons. The van der Waals surface area contributed by atoms with E-state index in [0.29, 0.717) is 33.5 Å². The topological polar surface area (TPSA) is 112 Å². The van der Waals surface area contributed by atoms with Crippen molar-refractivity contribution in [1.82, 2.24) is 15.3 Å². The molecule has 2 rings (SSSR count). The van der Waals surface area contributed by atoms with Crippen LogP contribution in [0, 0.1) is 6.92 Å². The molecule has 3 N–H and O–H groups in total. The van der Waals surface area contributed by atoms with Gasteiger partial charge >= 0.3 is 5.97 Å². The summed E-state index contributed by atoms with van der Waals surface area (Å²) < 4.78 is 0. The second kappa shape index (κ2) is 6.04. The van der Waals surface area contributed by atoms with Crippen LogP contribution < -0.4 is 10.9 Å². The number of nitrogens with zero attached hydrogens (tertiary/aromatic N) is 1. The van der Waals surface area contributed by atoms with Crippen LogP contribution in [-0.2, 0) is 4.79 Å². The smallest absolute Gasteiger partial charge is 0.326 e. The summed E-state index contributed by atoms with van der Waals surface area (Å²) in [4.78, 5) is 42.3. The number of rotatable bonds is 5. The summed E-state index contributed by atoms with van der Waals surface area (Å²) >= 11 is 1.08. The van der Waals surface area contributed by atoms with E-state index in [1.165, 1.54) is 6.33 Å². The minimum Gasteiger partial charge on any atom is -0.480 e. The molecule has 0 saturated heterocycles. The molecule has 0 fully saturated rings. The summed E-state index contributed by atoms with van der Waals surface area (Å²) in [5, 5.41) is 11.9. The number of hydrogen-bond donors (Lipinski definition) is 3. The van der Waals surface area contributed by atoms with E-state index in [1.54, 1.807) is 6.92 Å². The Balaban J connectivity index is 2.36. The van der Waals surface area contributed by atoms with Crippen LogP contribution in [0.4, 0.5) is 0 Å². The minimum absolute atomic E-state index is 0.309. The number of aryl methyl sites for hydroxylation is 1. The first kappa shape index (κ1) is 15.2. The van der Waals surface area contributed by atoms with Crippen molar-refractivity contribution in [3.63, 3.8) is 0 Å². The van der Waals surface area contributed by atoms with Crippen LogP contribution in [0.3, 0.4) is 0 Å². The standard InChI is InChI=1S/C13H15N3O4S/c1-3-4-7(13(19)20)16-11(18)9-6(2)8-10(17)14-5-15-12(8)21-9/h5,7H,3-4H2,1-2H3,(H,16,18)(H,19,20)(H,14,15,17)/t7-/m1/s1. The predicted octanol–water partition coefficient (Wildman–Crippen LogP) is 1.28. The lowest BCUT2D eigenvalue weighted by molar-refractivity contribution is -0.139. The van der Waals surface area contributed by atoms with Gasteiger partial charge in [0.05, 0.1) is 16.6 Å². The van der Waals surface area contributed by atoms with Crippen molar-refractivity contribution in [3.05, 3.63) is 27.1 Å². The van der Waals surface area contributed by atoms with Gasteiger partial charge in [-0.3, -0.25) is 9.59 Å². The van der Waals surface area contributed by atoms with E-state index < -0.39 is 17.9 Å². The van der Waals surface area contributed by atoms with Gasteiger partial charge in [-0.1, -0.05) is 13.3 Å². The highest BCUT2D eigenvalue weighted by molar-refractivity contribution is 7.20. The van der Waals surface area contributed by atoms with E-state index >= 15 is 0 Å². The third kappa shape index (κ3) is 2.94. The lowest BCUT2D eigenvalue weighted by Crippen LogP contribution is -2.40. The summed E-state index contributed by atoms with van der Waals surface area (Å²) in [5.74, 6) is -1.56. The summed E-state index contributed by atoms with van der Waals surface area (Å²) in [5.41, 5.74) is 0.207. The predicted molar refractivity (Wildman–Crippen MR) is 78.8 cm³/mol. The molecule has 0 aromatic carbocycles. The molecule has 0 aliphatic rings. The Morgan fingerprint density at radius 1 is 1.52 bits per heavy atom. The first-order valence-electron chi connectivity index (χ1n) is 6.46. The molecule has 0 spiro atoms. The number of thiophene rings is 1. The van der Waals surface area contributed by atoms with Gasteiger partial charge in [0.15, 0.2) is 0 Å². The molecule has 2 aromatic rings. The molecule has 0 aliphatic carbocycles. The number of carbonyl (C=O) groups is 2. The molecule has 0 aliphatic heterocycles. The van der Waals surface area contributed by atoms with E-state index in [9.17, 15) is 14.4 Å². The van der Waals surface area contributed by atoms with Crippen LogP contribution in [0.5, 0.6) is 0 Å². The Hall–Kier alpha value is -2.22. The Labute approximate surface area is 124 Å². The number of carboxylic acid groups (broad SMARTS) is 1. The molecular weight excluding hydrogens is 294 g/mol. The van der Waals surface area contributed by atoms with Crippen LogP contribution in [0.25, 0.3) is 10.2 Å². The third-order valence-corrected chi connectivity index (χ3v) is 4.32. The molecule has 2 heterocycles. The molecule has 1 amide bonds. The number of aliphatic carboxylic acids is 1. The van der Waals surface area contributed by atoms with Gasteiger partial charge in [0.25, 0.3) is 11.5 Å². The summed E-state index contributed by atoms with van der Waals surface area (Å²) in [6.07, 6.45) is 2.27. The maximum Gasteiger partial charge on any atom is 0.326 e. The zero-order valence-corrected chi connectivity index (χ0v) is 12.4. The van der Waals surface area contributed by atoms with Gasteiger partial charge in [0.2, 0.25) is 0 Å². The first-order valence-corrected chi connectivity index (χ1v) is 7.27. The lowest BCUT2D eigenvalue weighted by Gasteiger charge is -2.12. The van der Waals surface area contributed by atoms with Crippen molar-refractivity contribution >= 4 is 33.4 Å². The number of nitrogens with one attached hydrogen (secondary N) is 2. The average molecular weight is 309 g/mol. The van der Waals surface area contributed by atoms with E-state index in [-0.39, 0.29) is 5.56 Å². The maximum absolute atomic E-state index is 12.2. The number of fused-ring (bicyclic) bond motifs is 1. The Morgan fingerprint density at radius 2 is 2.24 bits per heavy atom. The van der Waals surface area contributed by atoms with Gasteiger partial charge in [0, 0.05) is 0 Å². The van der Waals surface area contributed by atoms with Gasteiger partial charge < -0.3 is 15.4 Å². The number of aromatic amines is 1.